The van der Waals surface area contributed by atoms with Crippen LogP contribution >= 0.6 is 24.0 Å². The standard InChI is InChI=1S/C22H35N5O2.HI/c1-17(19-7-6-8-20(13-19)27-10-4-5-11-27)25-22(24-15-21(28)26(2)3)23-14-18-9-12-29-16-18;/h6-8,13,17-18H,4-5,9-12,14-16H2,1-3H3,(H2,23,24,25);1H. The molecule has 2 aliphatic rings. The van der Waals surface area contributed by atoms with Crippen molar-refractivity contribution in [2.24, 2.45) is 10.9 Å². The maximum absolute atomic E-state index is 12.0. The fourth-order valence-corrected chi connectivity index (χ4v) is 3.68. The van der Waals surface area contributed by atoms with Crippen molar-refractivity contribution in [3.63, 3.8) is 0 Å². The van der Waals surface area contributed by atoms with Gasteiger partial charge in [-0.1, -0.05) is 12.1 Å². The maximum Gasteiger partial charge on any atom is 0.243 e. The molecule has 8 heteroatoms. The fraction of sp³-hybridized carbons (Fsp3) is 0.636. The summed E-state index contributed by atoms with van der Waals surface area (Å²) in [6, 6.07) is 8.79. The Bertz CT molecular complexity index is 701. The molecule has 7 nitrogen and oxygen atoms in total. The first kappa shape index (κ1) is 24.7. The van der Waals surface area contributed by atoms with Crippen molar-refractivity contribution in [2.75, 3.05) is 58.4 Å². The molecule has 2 N–H and O–H groups in total. The summed E-state index contributed by atoms with van der Waals surface area (Å²) in [7, 11) is 3.50. The number of hydrogen-bond donors (Lipinski definition) is 2. The summed E-state index contributed by atoms with van der Waals surface area (Å²) in [6.07, 6.45) is 3.59. The SMILES string of the molecule is CC(NC(=NCC(=O)N(C)C)NCC1CCOC1)c1cccc(N2CCCC2)c1.I. The molecule has 3 rings (SSSR count). The van der Waals surface area contributed by atoms with Crippen LogP contribution in [0, 0.1) is 5.92 Å². The number of rotatable bonds is 7. The number of guanidine groups is 1. The van der Waals surface area contributed by atoms with E-state index in [1.807, 2.05) is 0 Å². The fourth-order valence-electron chi connectivity index (χ4n) is 3.68. The van der Waals surface area contributed by atoms with Gasteiger partial charge in [-0.25, -0.2) is 4.99 Å². The molecular weight excluding hydrogens is 493 g/mol. The number of carbonyl (C=O) groups is 1. The van der Waals surface area contributed by atoms with Crippen LogP contribution < -0.4 is 15.5 Å². The number of ether oxygens (including phenoxy) is 1. The molecule has 2 heterocycles. The second kappa shape index (κ2) is 12.3. The van der Waals surface area contributed by atoms with Gasteiger partial charge in [-0.05, 0) is 43.9 Å². The number of nitrogens with zero attached hydrogens (tertiary/aromatic N) is 3. The van der Waals surface area contributed by atoms with Crippen molar-refractivity contribution >= 4 is 41.5 Å². The smallest absolute Gasteiger partial charge is 0.243 e. The first-order valence-electron chi connectivity index (χ1n) is 10.7. The van der Waals surface area contributed by atoms with Gasteiger partial charge in [0.25, 0.3) is 0 Å². The summed E-state index contributed by atoms with van der Waals surface area (Å²) in [5.41, 5.74) is 2.50. The van der Waals surface area contributed by atoms with Gasteiger partial charge in [0, 0.05) is 51.9 Å². The minimum Gasteiger partial charge on any atom is -0.381 e. The average Bonchev–Trinajstić information content (AvgIpc) is 3.43. The van der Waals surface area contributed by atoms with Crippen LogP contribution in [0.1, 0.15) is 37.8 Å². The second-order valence-corrected chi connectivity index (χ2v) is 8.22. The lowest BCUT2D eigenvalue weighted by Gasteiger charge is -2.23. The highest BCUT2D eigenvalue weighted by Crippen LogP contribution is 2.24. The van der Waals surface area contributed by atoms with Crippen LogP contribution in [-0.4, -0.2) is 70.3 Å². The average molecular weight is 529 g/mol. The number of halogens is 1. The summed E-state index contributed by atoms with van der Waals surface area (Å²) in [5.74, 6) is 1.14. The van der Waals surface area contributed by atoms with E-state index in [1.54, 1.807) is 19.0 Å². The molecule has 1 amide bonds. The first-order valence-corrected chi connectivity index (χ1v) is 10.7. The minimum absolute atomic E-state index is 0. The lowest BCUT2D eigenvalue weighted by atomic mass is 10.1. The third-order valence-electron chi connectivity index (χ3n) is 5.65. The van der Waals surface area contributed by atoms with Gasteiger partial charge < -0.3 is 25.2 Å². The Labute approximate surface area is 197 Å². The van der Waals surface area contributed by atoms with Gasteiger partial charge in [0.2, 0.25) is 5.91 Å². The van der Waals surface area contributed by atoms with E-state index < -0.39 is 0 Å². The van der Waals surface area contributed by atoms with E-state index in [0.29, 0.717) is 11.9 Å². The number of nitrogens with one attached hydrogen (secondary N) is 2. The van der Waals surface area contributed by atoms with E-state index in [-0.39, 0.29) is 42.5 Å². The zero-order chi connectivity index (χ0) is 20.6. The Morgan fingerprint density at radius 2 is 2.10 bits per heavy atom. The van der Waals surface area contributed by atoms with Gasteiger partial charge >= 0.3 is 0 Å². The predicted octanol–water partition coefficient (Wildman–Crippen LogP) is 2.63. The summed E-state index contributed by atoms with van der Waals surface area (Å²) in [6.45, 7) is 6.93. The molecule has 0 bridgehead atoms. The van der Waals surface area contributed by atoms with Crippen molar-refractivity contribution in [3.05, 3.63) is 29.8 Å². The molecule has 2 fully saturated rings. The largest absolute Gasteiger partial charge is 0.381 e. The molecule has 0 saturated carbocycles. The Morgan fingerprint density at radius 3 is 2.77 bits per heavy atom. The van der Waals surface area contributed by atoms with Crippen molar-refractivity contribution < 1.29 is 9.53 Å². The molecule has 0 spiro atoms. The molecule has 2 aliphatic heterocycles. The zero-order valence-electron chi connectivity index (χ0n) is 18.4. The lowest BCUT2D eigenvalue weighted by Crippen LogP contribution is -2.42. The van der Waals surface area contributed by atoms with E-state index in [0.717, 1.165) is 39.3 Å². The second-order valence-electron chi connectivity index (χ2n) is 8.22. The molecule has 0 aromatic heterocycles. The number of hydrogen-bond acceptors (Lipinski definition) is 4. The predicted molar refractivity (Wildman–Crippen MR) is 133 cm³/mol. The molecule has 2 unspecified atom stereocenters. The van der Waals surface area contributed by atoms with Gasteiger partial charge in [0.15, 0.2) is 5.96 Å². The zero-order valence-corrected chi connectivity index (χ0v) is 20.7. The molecule has 1 aromatic carbocycles. The quantitative estimate of drug-likeness (QED) is 0.323. The molecule has 0 radical (unpaired) electrons. The van der Waals surface area contributed by atoms with Gasteiger partial charge in [0.1, 0.15) is 6.54 Å². The molecule has 0 aliphatic carbocycles. The van der Waals surface area contributed by atoms with Crippen LogP contribution in [0.15, 0.2) is 29.3 Å². The molecular formula is C22H36IN5O2. The van der Waals surface area contributed by atoms with E-state index in [4.69, 9.17) is 4.74 Å². The van der Waals surface area contributed by atoms with Gasteiger partial charge in [-0.3, -0.25) is 4.79 Å². The van der Waals surface area contributed by atoms with Crippen LogP contribution in [0.2, 0.25) is 0 Å². The van der Waals surface area contributed by atoms with Crippen LogP contribution in [0.3, 0.4) is 0 Å². The maximum atomic E-state index is 12.0. The van der Waals surface area contributed by atoms with Gasteiger partial charge in [-0.15, -0.1) is 24.0 Å². The number of aliphatic imine (C=N–C) groups is 1. The van der Waals surface area contributed by atoms with E-state index in [2.05, 4.69) is 51.7 Å². The molecule has 2 saturated heterocycles. The Hall–Kier alpha value is -1.55. The van der Waals surface area contributed by atoms with Crippen molar-refractivity contribution in [1.29, 1.82) is 0 Å². The summed E-state index contributed by atoms with van der Waals surface area (Å²) < 4.78 is 5.47. The first-order chi connectivity index (χ1) is 14.0. The van der Waals surface area contributed by atoms with Crippen LogP contribution in [0.25, 0.3) is 0 Å². The molecule has 30 heavy (non-hydrogen) atoms. The van der Waals surface area contributed by atoms with E-state index in [9.17, 15) is 4.79 Å². The van der Waals surface area contributed by atoms with Crippen LogP contribution in [0.4, 0.5) is 5.69 Å². The third kappa shape index (κ3) is 7.30. The summed E-state index contributed by atoms with van der Waals surface area (Å²) in [5, 5.41) is 6.88. The van der Waals surface area contributed by atoms with Crippen LogP contribution in [0.5, 0.6) is 0 Å². The number of likely N-dealkylation sites (N-methyl/N-ethyl adjacent to an activating group) is 1. The Balaban J connectivity index is 0.00000320. The summed E-state index contributed by atoms with van der Waals surface area (Å²) >= 11 is 0. The number of anilines is 1. The Kier molecular flexibility index (Phi) is 10.2. The van der Waals surface area contributed by atoms with Gasteiger partial charge in [0.05, 0.1) is 12.6 Å². The molecule has 1 aromatic rings. The van der Waals surface area contributed by atoms with Crippen LogP contribution in [-0.2, 0) is 9.53 Å². The highest BCUT2D eigenvalue weighted by molar-refractivity contribution is 14.0. The number of benzene rings is 1. The summed E-state index contributed by atoms with van der Waals surface area (Å²) in [4.78, 5) is 20.5. The van der Waals surface area contributed by atoms with Crippen molar-refractivity contribution in [3.8, 4) is 0 Å². The highest BCUT2D eigenvalue weighted by atomic mass is 127. The molecule has 2 atom stereocenters. The van der Waals surface area contributed by atoms with Gasteiger partial charge in [-0.2, -0.15) is 0 Å². The van der Waals surface area contributed by atoms with E-state index in [1.165, 1.54) is 24.1 Å². The normalized spacial score (nSPS) is 19.9. The monoisotopic (exact) mass is 529 g/mol. The highest BCUT2D eigenvalue weighted by Gasteiger charge is 2.18. The van der Waals surface area contributed by atoms with E-state index >= 15 is 0 Å². The van der Waals surface area contributed by atoms with Crippen molar-refractivity contribution in [2.45, 2.75) is 32.2 Å². The third-order valence-corrected chi connectivity index (χ3v) is 5.65. The number of carbonyl (C=O) groups excluding carboxylic acids is 1. The molecule has 168 valence electrons. The number of amides is 1. The Morgan fingerprint density at radius 1 is 1.33 bits per heavy atom. The topological polar surface area (TPSA) is 69.2 Å². The lowest BCUT2D eigenvalue weighted by molar-refractivity contribution is -0.127. The van der Waals surface area contributed by atoms with Crippen molar-refractivity contribution in [1.82, 2.24) is 15.5 Å². The minimum atomic E-state index is -0.0148.